The fourth-order valence-electron chi connectivity index (χ4n) is 2.74. The second-order valence-corrected chi connectivity index (χ2v) is 5.15. The average molecular weight is 271 g/mol. The summed E-state index contributed by atoms with van der Waals surface area (Å²) in [6.45, 7) is 4.14. The van der Waals surface area contributed by atoms with Gasteiger partial charge >= 0.3 is 0 Å². The van der Waals surface area contributed by atoms with Crippen molar-refractivity contribution in [1.82, 2.24) is 0 Å². The van der Waals surface area contributed by atoms with Crippen LogP contribution in [0, 0.1) is 13.8 Å². The number of carbonyl (C=O) groups is 1. The van der Waals surface area contributed by atoms with Gasteiger partial charge in [0.2, 0.25) is 0 Å². The van der Waals surface area contributed by atoms with Crippen molar-refractivity contribution in [3.8, 4) is 0 Å². The van der Waals surface area contributed by atoms with E-state index in [1.54, 1.807) is 17.9 Å². The third kappa shape index (κ3) is 2.02. The molecular weight excluding hydrogens is 254 g/mol. The van der Waals surface area contributed by atoms with Gasteiger partial charge in [0.15, 0.2) is 0 Å². The normalized spacial score (nSPS) is 17.9. The fourth-order valence-corrected chi connectivity index (χ4v) is 2.74. The van der Waals surface area contributed by atoms with Crippen LogP contribution in [-0.2, 0) is 0 Å². The number of amides is 1. The van der Waals surface area contributed by atoms with E-state index < -0.39 is 6.10 Å². The fraction of sp³-hybridized carbons (Fsp3) is 0.312. The number of hydrogen-bond donors (Lipinski definition) is 1. The lowest BCUT2D eigenvalue weighted by Gasteiger charge is -2.32. The van der Waals surface area contributed by atoms with Crippen LogP contribution in [0.5, 0.6) is 0 Å². The maximum absolute atomic E-state index is 12.7. The molecule has 1 aliphatic heterocycles. The first-order valence-corrected chi connectivity index (χ1v) is 6.74. The molecule has 1 aromatic carbocycles. The van der Waals surface area contributed by atoms with Crippen LogP contribution in [0.15, 0.2) is 34.7 Å². The molecule has 104 valence electrons. The molecule has 0 fully saturated rings. The highest BCUT2D eigenvalue weighted by molar-refractivity contribution is 6.07. The van der Waals surface area contributed by atoms with Crippen molar-refractivity contribution in [2.45, 2.75) is 26.4 Å². The van der Waals surface area contributed by atoms with Gasteiger partial charge in [-0.15, -0.1) is 0 Å². The smallest absolute Gasteiger partial charge is 0.261 e. The zero-order chi connectivity index (χ0) is 14.3. The standard InChI is InChI=1S/C16H17NO3/c1-10-9-13(11(2)20-10)16(19)17-8-7-15(18)12-5-3-4-6-14(12)17/h3-6,9,15,18H,7-8H2,1-2H3. The summed E-state index contributed by atoms with van der Waals surface area (Å²) in [5.41, 5.74) is 2.19. The van der Waals surface area contributed by atoms with Gasteiger partial charge < -0.3 is 14.4 Å². The molecule has 0 saturated heterocycles. The Morgan fingerprint density at radius 2 is 2.10 bits per heavy atom. The topological polar surface area (TPSA) is 53.7 Å². The molecule has 0 spiro atoms. The zero-order valence-corrected chi connectivity index (χ0v) is 11.6. The van der Waals surface area contributed by atoms with E-state index in [0.717, 1.165) is 17.0 Å². The van der Waals surface area contributed by atoms with Gasteiger partial charge in [-0.05, 0) is 32.4 Å². The SMILES string of the molecule is Cc1cc(C(=O)N2CCC(O)c3ccccc32)c(C)o1. The molecule has 0 radical (unpaired) electrons. The number of anilines is 1. The second kappa shape index (κ2) is 4.80. The number of benzene rings is 1. The van der Waals surface area contributed by atoms with E-state index in [1.165, 1.54) is 0 Å². The number of hydrogen-bond acceptors (Lipinski definition) is 3. The molecule has 1 aliphatic rings. The molecule has 0 saturated carbocycles. The van der Waals surface area contributed by atoms with Crippen LogP contribution >= 0.6 is 0 Å². The highest BCUT2D eigenvalue weighted by atomic mass is 16.3. The Bertz CT molecular complexity index is 659. The Kier molecular flexibility index (Phi) is 3.10. The summed E-state index contributed by atoms with van der Waals surface area (Å²) in [6.07, 6.45) is 0.0565. The number of aryl methyl sites for hydroxylation is 2. The third-order valence-electron chi connectivity index (χ3n) is 3.73. The van der Waals surface area contributed by atoms with Crippen LogP contribution in [0.4, 0.5) is 5.69 Å². The van der Waals surface area contributed by atoms with E-state index in [4.69, 9.17) is 4.42 Å². The summed E-state index contributed by atoms with van der Waals surface area (Å²) in [6, 6.07) is 9.27. The van der Waals surface area contributed by atoms with Crippen molar-refractivity contribution in [1.29, 1.82) is 0 Å². The Hall–Kier alpha value is -2.07. The van der Waals surface area contributed by atoms with Gasteiger partial charge in [0.25, 0.3) is 5.91 Å². The summed E-state index contributed by atoms with van der Waals surface area (Å²) in [4.78, 5) is 14.4. The van der Waals surface area contributed by atoms with Crippen molar-refractivity contribution < 1.29 is 14.3 Å². The van der Waals surface area contributed by atoms with Gasteiger partial charge in [-0.2, -0.15) is 0 Å². The second-order valence-electron chi connectivity index (χ2n) is 5.15. The minimum Gasteiger partial charge on any atom is -0.466 e. The van der Waals surface area contributed by atoms with Gasteiger partial charge in [-0.1, -0.05) is 18.2 Å². The number of fused-ring (bicyclic) bond motifs is 1. The molecule has 4 heteroatoms. The van der Waals surface area contributed by atoms with Crippen molar-refractivity contribution in [2.75, 3.05) is 11.4 Å². The molecule has 0 aliphatic carbocycles. The predicted molar refractivity (Wildman–Crippen MR) is 75.9 cm³/mol. The molecule has 4 nitrogen and oxygen atoms in total. The Labute approximate surface area is 117 Å². The summed E-state index contributed by atoms with van der Waals surface area (Å²) >= 11 is 0. The van der Waals surface area contributed by atoms with Crippen LogP contribution in [0.1, 0.15) is 40.0 Å². The Morgan fingerprint density at radius 1 is 1.35 bits per heavy atom. The number of para-hydroxylation sites is 1. The molecule has 2 aromatic rings. The summed E-state index contributed by atoms with van der Waals surface area (Å²) in [5, 5.41) is 10.0. The Balaban J connectivity index is 2.01. The number of aliphatic hydroxyl groups is 1. The molecule has 1 N–H and O–H groups in total. The number of aliphatic hydroxyl groups excluding tert-OH is 1. The van der Waals surface area contributed by atoms with Crippen LogP contribution < -0.4 is 4.90 Å². The van der Waals surface area contributed by atoms with Gasteiger partial charge in [0.1, 0.15) is 11.5 Å². The maximum Gasteiger partial charge on any atom is 0.261 e. The Morgan fingerprint density at radius 3 is 2.80 bits per heavy atom. The van der Waals surface area contributed by atoms with Crippen molar-refractivity contribution >= 4 is 11.6 Å². The van der Waals surface area contributed by atoms with Gasteiger partial charge in [-0.25, -0.2) is 0 Å². The van der Waals surface area contributed by atoms with Crippen LogP contribution in [-0.4, -0.2) is 17.6 Å². The minimum absolute atomic E-state index is 0.0706. The zero-order valence-electron chi connectivity index (χ0n) is 11.6. The van der Waals surface area contributed by atoms with Crippen molar-refractivity contribution in [2.24, 2.45) is 0 Å². The van der Waals surface area contributed by atoms with E-state index in [0.29, 0.717) is 24.3 Å². The first-order valence-electron chi connectivity index (χ1n) is 6.74. The van der Waals surface area contributed by atoms with Gasteiger partial charge in [0.05, 0.1) is 11.7 Å². The number of rotatable bonds is 1. The van der Waals surface area contributed by atoms with E-state index in [2.05, 4.69) is 0 Å². The van der Waals surface area contributed by atoms with Crippen LogP contribution in [0.2, 0.25) is 0 Å². The van der Waals surface area contributed by atoms with E-state index in [1.807, 2.05) is 31.2 Å². The number of nitrogens with zero attached hydrogens (tertiary/aromatic N) is 1. The maximum atomic E-state index is 12.7. The lowest BCUT2D eigenvalue weighted by molar-refractivity contribution is 0.0969. The first kappa shape index (κ1) is 12.9. The number of carbonyl (C=O) groups excluding carboxylic acids is 1. The lowest BCUT2D eigenvalue weighted by Crippen LogP contribution is -2.36. The quantitative estimate of drug-likeness (QED) is 0.867. The monoisotopic (exact) mass is 271 g/mol. The van der Waals surface area contributed by atoms with Gasteiger partial charge in [0, 0.05) is 17.8 Å². The average Bonchev–Trinajstić information content (AvgIpc) is 2.78. The van der Waals surface area contributed by atoms with Crippen LogP contribution in [0.25, 0.3) is 0 Å². The molecule has 1 amide bonds. The molecule has 0 bridgehead atoms. The highest BCUT2D eigenvalue weighted by Gasteiger charge is 2.29. The molecule has 1 unspecified atom stereocenters. The van der Waals surface area contributed by atoms with E-state index in [-0.39, 0.29) is 5.91 Å². The highest BCUT2D eigenvalue weighted by Crippen LogP contribution is 2.34. The first-order chi connectivity index (χ1) is 9.58. The van der Waals surface area contributed by atoms with E-state index in [9.17, 15) is 9.90 Å². The predicted octanol–water partition coefficient (Wildman–Crippen LogP) is 2.98. The molecule has 2 heterocycles. The number of furan rings is 1. The lowest BCUT2D eigenvalue weighted by atomic mass is 9.98. The molecule has 20 heavy (non-hydrogen) atoms. The largest absolute Gasteiger partial charge is 0.466 e. The molecular formula is C16H17NO3. The summed E-state index contributed by atoms with van der Waals surface area (Å²) in [7, 11) is 0. The van der Waals surface area contributed by atoms with Gasteiger partial charge in [-0.3, -0.25) is 4.79 Å². The van der Waals surface area contributed by atoms with Crippen molar-refractivity contribution in [3.63, 3.8) is 0 Å². The molecule has 1 aromatic heterocycles. The van der Waals surface area contributed by atoms with Crippen molar-refractivity contribution in [3.05, 3.63) is 53.0 Å². The van der Waals surface area contributed by atoms with Crippen LogP contribution in [0.3, 0.4) is 0 Å². The summed E-state index contributed by atoms with van der Waals surface area (Å²) < 4.78 is 5.44. The molecule has 1 atom stereocenters. The third-order valence-corrected chi connectivity index (χ3v) is 3.73. The van der Waals surface area contributed by atoms with E-state index >= 15 is 0 Å². The minimum atomic E-state index is -0.498. The molecule has 3 rings (SSSR count). The summed E-state index contributed by atoms with van der Waals surface area (Å²) in [5.74, 6) is 1.30.